The Bertz CT molecular complexity index is 2370. The Kier molecular flexibility index (Phi) is 19.8. The van der Waals surface area contributed by atoms with Crippen LogP contribution in [0.3, 0.4) is 0 Å². The predicted octanol–water partition coefficient (Wildman–Crippen LogP) is 14.1. The molecule has 6 atom stereocenters. The molecule has 1 amide bonds. The SMILES string of the molecule is C=CCO[C@@]12Oc3ccc(Oc4ccc(C)c(C)c4)cc3[C@H]3[C@H](CCCCO)[C@@H](CCCCO)C=C(C(=NOC)C[C@@H]1N(Cc1cccc4ccccc14)C(=O)OCCCCCCCCCCCC)[C@H]32. The summed E-state index contributed by atoms with van der Waals surface area (Å²) in [5, 5.41) is 27.0. The number of rotatable bonds is 28. The van der Waals surface area contributed by atoms with E-state index in [1.54, 1.807) is 13.2 Å². The normalized spacial score (nSPS) is 21.9. The third-order valence-electron chi connectivity index (χ3n) is 15.1. The summed E-state index contributed by atoms with van der Waals surface area (Å²) in [6, 6.07) is 26.0. The lowest BCUT2D eigenvalue weighted by molar-refractivity contribution is -0.256. The molecule has 7 rings (SSSR count). The Morgan fingerprint density at radius 1 is 0.829 bits per heavy atom. The zero-order valence-corrected chi connectivity index (χ0v) is 42.5. The second kappa shape index (κ2) is 26.3. The van der Waals surface area contributed by atoms with Crippen molar-refractivity contribution in [1.82, 2.24) is 4.90 Å². The maximum atomic E-state index is 15.2. The van der Waals surface area contributed by atoms with Crippen LogP contribution in [0.25, 0.3) is 10.8 Å². The number of nitrogens with zero attached hydrogens (tertiary/aromatic N) is 2. The molecule has 2 N–H and O–H groups in total. The minimum Gasteiger partial charge on any atom is -0.459 e. The molecular formula is C60H80N2O8. The van der Waals surface area contributed by atoms with E-state index in [1.807, 2.05) is 41.3 Å². The molecule has 0 bridgehead atoms. The van der Waals surface area contributed by atoms with Crippen molar-refractivity contribution >= 4 is 22.6 Å². The monoisotopic (exact) mass is 957 g/mol. The number of unbranched alkanes of at least 4 members (excludes halogenated alkanes) is 11. The molecule has 378 valence electrons. The number of hydrogen-bond acceptors (Lipinski definition) is 9. The van der Waals surface area contributed by atoms with E-state index < -0.39 is 23.8 Å². The largest absolute Gasteiger partial charge is 0.459 e. The van der Waals surface area contributed by atoms with Gasteiger partial charge in [0.05, 0.1) is 31.4 Å². The maximum Gasteiger partial charge on any atom is 0.410 e. The molecule has 4 aromatic rings. The highest BCUT2D eigenvalue weighted by Gasteiger charge is 2.65. The second-order valence-corrected chi connectivity index (χ2v) is 19.9. The molecule has 2 aliphatic carbocycles. The predicted molar refractivity (Wildman–Crippen MR) is 281 cm³/mol. The van der Waals surface area contributed by atoms with E-state index in [9.17, 15) is 10.2 Å². The van der Waals surface area contributed by atoms with Gasteiger partial charge in [0.15, 0.2) is 0 Å². The van der Waals surface area contributed by atoms with E-state index >= 15 is 4.79 Å². The number of fused-ring (bicyclic) bond motifs is 3. The molecule has 1 saturated carbocycles. The molecule has 4 aromatic carbocycles. The molecule has 0 unspecified atom stereocenters. The average Bonchev–Trinajstić information content (AvgIpc) is 3.37. The molecule has 0 radical (unpaired) electrons. The maximum absolute atomic E-state index is 15.2. The number of aliphatic hydroxyl groups excluding tert-OH is 2. The van der Waals surface area contributed by atoms with Gasteiger partial charge in [0, 0.05) is 31.1 Å². The van der Waals surface area contributed by atoms with Crippen molar-refractivity contribution in [1.29, 1.82) is 0 Å². The molecule has 0 aromatic heterocycles. The Balaban J connectivity index is 1.33. The van der Waals surface area contributed by atoms with Gasteiger partial charge < -0.3 is 34.0 Å². The van der Waals surface area contributed by atoms with Crippen LogP contribution in [0.4, 0.5) is 4.79 Å². The van der Waals surface area contributed by atoms with E-state index in [4.69, 9.17) is 28.9 Å². The van der Waals surface area contributed by atoms with Gasteiger partial charge in [0.1, 0.15) is 30.4 Å². The van der Waals surface area contributed by atoms with Crippen LogP contribution in [-0.4, -0.2) is 72.3 Å². The number of carbonyl (C=O) groups excluding carboxylic acids is 1. The van der Waals surface area contributed by atoms with Crippen LogP contribution < -0.4 is 9.47 Å². The molecule has 10 nitrogen and oxygen atoms in total. The van der Waals surface area contributed by atoms with Crippen molar-refractivity contribution < 1.29 is 38.8 Å². The van der Waals surface area contributed by atoms with Crippen LogP contribution in [-0.2, 0) is 20.9 Å². The summed E-state index contributed by atoms with van der Waals surface area (Å²) in [7, 11) is 1.58. The summed E-state index contributed by atoms with van der Waals surface area (Å²) >= 11 is 0. The minimum absolute atomic E-state index is 0.0718. The lowest BCUT2D eigenvalue weighted by Crippen LogP contribution is -2.70. The molecule has 3 aliphatic rings. The fourth-order valence-electron chi connectivity index (χ4n) is 11.5. The van der Waals surface area contributed by atoms with E-state index in [1.165, 1.54) is 50.5 Å². The number of allylic oxidation sites excluding steroid dienone is 1. The van der Waals surface area contributed by atoms with Gasteiger partial charge in [-0.3, -0.25) is 4.90 Å². The molecule has 10 heteroatoms. The molecule has 1 fully saturated rings. The Labute approximate surface area is 418 Å². The Morgan fingerprint density at radius 3 is 2.26 bits per heavy atom. The van der Waals surface area contributed by atoms with Gasteiger partial charge in [-0.05, 0) is 121 Å². The highest BCUT2D eigenvalue weighted by molar-refractivity contribution is 6.03. The second-order valence-electron chi connectivity index (χ2n) is 19.9. The van der Waals surface area contributed by atoms with Gasteiger partial charge >= 0.3 is 6.09 Å². The van der Waals surface area contributed by atoms with Gasteiger partial charge in [0.25, 0.3) is 0 Å². The quantitative estimate of drug-likeness (QED) is 0.0328. The fourth-order valence-corrected chi connectivity index (χ4v) is 11.5. The summed E-state index contributed by atoms with van der Waals surface area (Å²) < 4.78 is 27.8. The van der Waals surface area contributed by atoms with Crippen molar-refractivity contribution in [3.8, 4) is 17.2 Å². The van der Waals surface area contributed by atoms with Crippen LogP contribution in [0.15, 0.2) is 108 Å². The number of carbonyl (C=O) groups is 1. The summed E-state index contributed by atoms with van der Waals surface area (Å²) in [4.78, 5) is 22.8. The zero-order valence-electron chi connectivity index (χ0n) is 42.5. The van der Waals surface area contributed by atoms with Crippen LogP contribution in [0, 0.1) is 31.6 Å². The van der Waals surface area contributed by atoms with Gasteiger partial charge in [-0.1, -0.05) is 143 Å². The van der Waals surface area contributed by atoms with Gasteiger partial charge in [-0.25, -0.2) is 4.79 Å². The van der Waals surface area contributed by atoms with Crippen LogP contribution >= 0.6 is 0 Å². The Hall–Kier alpha value is -5.16. The first-order valence-corrected chi connectivity index (χ1v) is 26.5. The first kappa shape index (κ1) is 52.7. The molecular weight excluding hydrogens is 877 g/mol. The number of benzene rings is 4. The van der Waals surface area contributed by atoms with Crippen molar-refractivity contribution in [2.24, 2.45) is 22.9 Å². The average molecular weight is 957 g/mol. The molecule has 0 spiro atoms. The van der Waals surface area contributed by atoms with Crippen LogP contribution in [0.5, 0.6) is 17.2 Å². The molecule has 0 saturated heterocycles. The van der Waals surface area contributed by atoms with Gasteiger partial charge in [0.2, 0.25) is 5.79 Å². The zero-order chi connectivity index (χ0) is 49.3. The fraction of sp³-hybridized carbons (Fsp3) is 0.533. The number of aryl methyl sites for hydroxylation is 2. The number of amides is 1. The number of hydrogen-bond donors (Lipinski definition) is 2. The summed E-state index contributed by atoms with van der Waals surface area (Å²) in [5.74, 6) is 0.214. The van der Waals surface area contributed by atoms with E-state index in [-0.39, 0.29) is 50.5 Å². The molecule has 1 heterocycles. The Morgan fingerprint density at radius 2 is 1.53 bits per heavy atom. The van der Waals surface area contributed by atoms with E-state index in [0.29, 0.717) is 30.9 Å². The number of ether oxygens (including phenoxy) is 4. The molecule has 70 heavy (non-hydrogen) atoms. The highest BCUT2D eigenvalue weighted by atomic mass is 16.7. The summed E-state index contributed by atoms with van der Waals surface area (Å²) in [6.45, 7) is 11.5. The lowest BCUT2D eigenvalue weighted by Gasteiger charge is -2.59. The standard InChI is InChI=1S/C60H80N2O8/c1-6-8-9-10-11-12-13-14-15-22-37-67-59(65)62(42-47-27-23-26-45-24-16-17-28-50(45)47)56-41-54(61-66-5)52-39-46(25-18-20-34-63)51(29-19-21-35-64)57-53-40-49(69-48-31-30-43(3)44(4)38-48)32-33-55(53)70-60(56,58(52)57)68-36-7-2/h7,16-17,23-24,26-28,30-33,38-40,46,51,56-58,63-64H,2,6,8-15,18-22,25,29,34-37,41-42H2,1,3-5H3/t46-,51+,56-,57+,58+,60+/m0/s1. The first-order chi connectivity index (χ1) is 34.3. The lowest BCUT2D eigenvalue weighted by atomic mass is 9.55. The van der Waals surface area contributed by atoms with Crippen molar-refractivity contribution in [3.05, 3.63) is 125 Å². The van der Waals surface area contributed by atoms with Crippen LogP contribution in [0.2, 0.25) is 0 Å². The van der Waals surface area contributed by atoms with Gasteiger partial charge in [-0.15, -0.1) is 6.58 Å². The van der Waals surface area contributed by atoms with E-state index in [0.717, 1.165) is 89.4 Å². The third-order valence-corrected chi connectivity index (χ3v) is 15.1. The van der Waals surface area contributed by atoms with E-state index in [2.05, 4.69) is 75.9 Å². The smallest absolute Gasteiger partial charge is 0.410 e. The minimum atomic E-state index is -1.42. The third kappa shape index (κ3) is 12.6. The van der Waals surface area contributed by atoms with Crippen molar-refractivity contribution in [3.63, 3.8) is 0 Å². The topological polar surface area (TPSA) is 119 Å². The first-order valence-electron chi connectivity index (χ1n) is 26.5. The number of oxime groups is 1. The van der Waals surface area contributed by atoms with Crippen molar-refractivity contribution in [2.75, 3.05) is 33.5 Å². The van der Waals surface area contributed by atoms with Gasteiger partial charge in [-0.2, -0.15) is 0 Å². The number of aliphatic hydroxyl groups is 2. The highest BCUT2D eigenvalue weighted by Crippen LogP contribution is 2.62. The molecule has 1 aliphatic heterocycles. The summed E-state index contributed by atoms with van der Waals surface area (Å²) in [6.07, 6.45) is 20.5. The van der Waals surface area contributed by atoms with Crippen molar-refractivity contribution in [2.45, 2.75) is 154 Å². The van der Waals surface area contributed by atoms with Crippen LogP contribution in [0.1, 0.15) is 144 Å². The summed E-state index contributed by atoms with van der Waals surface area (Å²) in [5.41, 5.74) is 6.04.